The van der Waals surface area contributed by atoms with E-state index in [1.807, 2.05) is 12.1 Å². The standard InChI is InChI=1S/C20H24FN5O2/c1-15-2-3-16(14-17(15)21)20(27)26-8-6-24(7-9-26)18-4-5-19(23-22-18)25-10-12-28-13-11-25/h2-5,14H,6-13H2,1H3. The summed E-state index contributed by atoms with van der Waals surface area (Å²) < 4.78 is 19.1. The highest BCUT2D eigenvalue weighted by molar-refractivity contribution is 5.94. The minimum absolute atomic E-state index is 0.132. The van der Waals surface area contributed by atoms with Gasteiger partial charge in [0.2, 0.25) is 0 Å². The second kappa shape index (κ2) is 8.10. The van der Waals surface area contributed by atoms with Crippen LogP contribution in [0.15, 0.2) is 30.3 Å². The minimum atomic E-state index is -0.347. The summed E-state index contributed by atoms with van der Waals surface area (Å²) in [7, 11) is 0. The van der Waals surface area contributed by atoms with Crippen molar-refractivity contribution >= 4 is 17.5 Å². The molecule has 0 atom stereocenters. The van der Waals surface area contributed by atoms with Crippen LogP contribution in [0.1, 0.15) is 15.9 Å². The van der Waals surface area contributed by atoms with Crippen LogP contribution in [0.2, 0.25) is 0 Å². The molecule has 2 aliphatic rings. The first-order chi connectivity index (χ1) is 13.6. The van der Waals surface area contributed by atoms with Crippen molar-refractivity contribution in [3.05, 3.63) is 47.3 Å². The molecule has 7 nitrogen and oxygen atoms in total. The van der Waals surface area contributed by atoms with Crippen LogP contribution in [-0.4, -0.2) is 73.5 Å². The molecule has 148 valence electrons. The van der Waals surface area contributed by atoms with Crippen molar-refractivity contribution < 1.29 is 13.9 Å². The second-order valence-corrected chi connectivity index (χ2v) is 7.09. The average molecular weight is 385 g/mol. The van der Waals surface area contributed by atoms with Crippen LogP contribution in [0.3, 0.4) is 0 Å². The molecule has 8 heteroatoms. The van der Waals surface area contributed by atoms with E-state index in [9.17, 15) is 9.18 Å². The molecule has 2 saturated heterocycles. The quantitative estimate of drug-likeness (QED) is 0.802. The van der Waals surface area contributed by atoms with Gasteiger partial charge in [-0.2, -0.15) is 0 Å². The van der Waals surface area contributed by atoms with Gasteiger partial charge in [0.05, 0.1) is 13.2 Å². The summed E-state index contributed by atoms with van der Waals surface area (Å²) in [4.78, 5) is 18.7. The van der Waals surface area contributed by atoms with Crippen molar-refractivity contribution in [3.8, 4) is 0 Å². The summed E-state index contributed by atoms with van der Waals surface area (Å²) in [5.41, 5.74) is 0.937. The van der Waals surface area contributed by atoms with Gasteiger partial charge >= 0.3 is 0 Å². The molecule has 3 heterocycles. The van der Waals surface area contributed by atoms with Crippen LogP contribution in [0.5, 0.6) is 0 Å². The number of halogens is 1. The average Bonchev–Trinajstić information content (AvgIpc) is 2.76. The molecule has 0 radical (unpaired) electrons. The fraction of sp³-hybridized carbons (Fsp3) is 0.450. The molecular formula is C20H24FN5O2. The number of piperazine rings is 1. The Morgan fingerprint density at radius 2 is 1.54 bits per heavy atom. The zero-order valence-electron chi connectivity index (χ0n) is 16.0. The van der Waals surface area contributed by atoms with E-state index in [1.165, 1.54) is 6.07 Å². The predicted octanol–water partition coefficient (Wildman–Crippen LogP) is 1.72. The van der Waals surface area contributed by atoms with Crippen LogP contribution < -0.4 is 9.80 Å². The normalized spacial score (nSPS) is 17.7. The van der Waals surface area contributed by atoms with Crippen molar-refractivity contribution in [3.63, 3.8) is 0 Å². The largest absolute Gasteiger partial charge is 0.378 e. The number of aromatic nitrogens is 2. The first-order valence-corrected chi connectivity index (χ1v) is 9.58. The maximum Gasteiger partial charge on any atom is 0.254 e. The monoisotopic (exact) mass is 385 g/mol. The summed E-state index contributed by atoms with van der Waals surface area (Å²) in [6.07, 6.45) is 0. The molecule has 0 spiro atoms. The lowest BCUT2D eigenvalue weighted by atomic mass is 10.1. The SMILES string of the molecule is Cc1ccc(C(=O)N2CCN(c3ccc(N4CCOCC4)nn3)CC2)cc1F. The number of benzene rings is 1. The molecule has 2 fully saturated rings. The Balaban J connectivity index is 1.35. The van der Waals surface area contributed by atoms with Gasteiger partial charge < -0.3 is 19.4 Å². The Bertz CT molecular complexity index is 831. The van der Waals surface area contributed by atoms with E-state index in [0.29, 0.717) is 50.5 Å². The van der Waals surface area contributed by atoms with Crippen molar-refractivity contribution in [2.75, 3.05) is 62.3 Å². The first kappa shape index (κ1) is 18.6. The van der Waals surface area contributed by atoms with Gasteiger partial charge in [0.1, 0.15) is 5.82 Å². The van der Waals surface area contributed by atoms with E-state index in [2.05, 4.69) is 20.0 Å². The third-order valence-electron chi connectivity index (χ3n) is 5.28. The van der Waals surface area contributed by atoms with Gasteiger partial charge in [-0.25, -0.2) is 4.39 Å². The smallest absolute Gasteiger partial charge is 0.254 e. The molecular weight excluding hydrogens is 361 g/mol. The zero-order chi connectivity index (χ0) is 19.5. The van der Waals surface area contributed by atoms with Gasteiger partial charge in [0.25, 0.3) is 5.91 Å². The molecule has 1 aromatic carbocycles. The van der Waals surface area contributed by atoms with Gasteiger partial charge in [-0.3, -0.25) is 4.79 Å². The third-order valence-corrected chi connectivity index (χ3v) is 5.28. The molecule has 2 aliphatic heterocycles. The topological polar surface area (TPSA) is 61.8 Å². The molecule has 1 aromatic heterocycles. The number of aryl methyl sites for hydroxylation is 1. The number of nitrogens with zero attached hydrogens (tertiary/aromatic N) is 5. The maximum atomic E-state index is 13.8. The van der Waals surface area contributed by atoms with Crippen LogP contribution in [0.4, 0.5) is 16.0 Å². The van der Waals surface area contributed by atoms with Gasteiger partial charge in [-0.05, 0) is 36.8 Å². The van der Waals surface area contributed by atoms with Crippen LogP contribution in [0, 0.1) is 12.7 Å². The lowest BCUT2D eigenvalue weighted by Gasteiger charge is -2.35. The molecule has 2 aromatic rings. The van der Waals surface area contributed by atoms with Gasteiger partial charge in [-0.15, -0.1) is 10.2 Å². The Morgan fingerprint density at radius 3 is 2.11 bits per heavy atom. The van der Waals surface area contributed by atoms with E-state index in [-0.39, 0.29) is 11.7 Å². The number of hydrogen-bond donors (Lipinski definition) is 0. The number of morpholine rings is 1. The minimum Gasteiger partial charge on any atom is -0.378 e. The summed E-state index contributed by atoms with van der Waals surface area (Å²) in [6, 6.07) is 8.61. The number of rotatable bonds is 3. The second-order valence-electron chi connectivity index (χ2n) is 7.09. The Hall–Kier alpha value is -2.74. The molecule has 0 N–H and O–H groups in total. The fourth-order valence-corrected chi connectivity index (χ4v) is 3.50. The number of ether oxygens (including phenoxy) is 1. The summed E-state index contributed by atoms with van der Waals surface area (Å²) >= 11 is 0. The highest BCUT2D eigenvalue weighted by Crippen LogP contribution is 2.19. The molecule has 0 aliphatic carbocycles. The number of amides is 1. The Kier molecular flexibility index (Phi) is 5.38. The lowest BCUT2D eigenvalue weighted by Crippen LogP contribution is -2.49. The predicted molar refractivity (Wildman–Crippen MR) is 104 cm³/mol. The van der Waals surface area contributed by atoms with Crippen molar-refractivity contribution in [1.82, 2.24) is 15.1 Å². The summed E-state index contributed by atoms with van der Waals surface area (Å²) in [5.74, 6) is 1.19. The van der Waals surface area contributed by atoms with Crippen LogP contribution in [0.25, 0.3) is 0 Å². The van der Waals surface area contributed by atoms with Crippen molar-refractivity contribution in [1.29, 1.82) is 0 Å². The Morgan fingerprint density at radius 1 is 0.929 bits per heavy atom. The van der Waals surface area contributed by atoms with Crippen molar-refractivity contribution in [2.24, 2.45) is 0 Å². The highest BCUT2D eigenvalue weighted by Gasteiger charge is 2.24. The molecule has 4 rings (SSSR count). The number of carbonyl (C=O) groups is 1. The summed E-state index contributed by atoms with van der Waals surface area (Å²) in [6.45, 7) is 7.25. The van der Waals surface area contributed by atoms with E-state index in [1.54, 1.807) is 24.0 Å². The van der Waals surface area contributed by atoms with E-state index < -0.39 is 0 Å². The first-order valence-electron chi connectivity index (χ1n) is 9.58. The number of anilines is 2. The van der Waals surface area contributed by atoms with E-state index in [0.717, 1.165) is 24.7 Å². The van der Waals surface area contributed by atoms with Gasteiger partial charge in [-0.1, -0.05) is 6.07 Å². The number of hydrogen-bond acceptors (Lipinski definition) is 6. The van der Waals surface area contributed by atoms with E-state index >= 15 is 0 Å². The Labute approximate surface area is 163 Å². The van der Waals surface area contributed by atoms with Gasteiger partial charge in [0, 0.05) is 44.8 Å². The molecule has 28 heavy (non-hydrogen) atoms. The van der Waals surface area contributed by atoms with Crippen LogP contribution >= 0.6 is 0 Å². The fourth-order valence-electron chi connectivity index (χ4n) is 3.50. The molecule has 0 unspecified atom stereocenters. The lowest BCUT2D eigenvalue weighted by molar-refractivity contribution is 0.0746. The zero-order valence-corrected chi connectivity index (χ0v) is 16.0. The van der Waals surface area contributed by atoms with E-state index in [4.69, 9.17) is 4.74 Å². The highest BCUT2D eigenvalue weighted by atomic mass is 19.1. The number of carbonyl (C=O) groups excluding carboxylic acids is 1. The molecule has 0 saturated carbocycles. The molecule has 0 bridgehead atoms. The van der Waals surface area contributed by atoms with Crippen molar-refractivity contribution in [2.45, 2.75) is 6.92 Å². The summed E-state index contributed by atoms with van der Waals surface area (Å²) in [5, 5.41) is 8.72. The van der Waals surface area contributed by atoms with Crippen LogP contribution in [-0.2, 0) is 4.74 Å². The van der Waals surface area contributed by atoms with Gasteiger partial charge in [0.15, 0.2) is 11.6 Å². The third kappa shape index (κ3) is 3.91. The maximum absolute atomic E-state index is 13.8. The molecule has 1 amide bonds.